The normalized spacial score (nSPS) is 15.0. The van der Waals surface area contributed by atoms with Gasteiger partial charge in [-0.05, 0) is 38.5 Å². The summed E-state index contributed by atoms with van der Waals surface area (Å²) in [7, 11) is 0. The number of hydrogen-bond donors (Lipinski definition) is 2. The van der Waals surface area contributed by atoms with Gasteiger partial charge in [-0.15, -0.1) is 0 Å². The van der Waals surface area contributed by atoms with Crippen LogP contribution in [0.3, 0.4) is 0 Å². The average molecular weight is 466 g/mol. The van der Waals surface area contributed by atoms with Crippen molar-refractivity contribution in [3.8, 4) is 0 Å². The second-order valence-electron chi connectivity index (χ2n) is 8.44. The largest absolute Gasteiger partial charge is 0.355 e. The van der Waals surface area contributed by atoms with Crippen molar-refractivity contribution < 1.29 is 9.59 Å². The Morgan fingerprint density at radius 3 is 2.35 bits per heavy atom. The number of rotatable bonds is 8. The number of hydrazine groups is 1. The number of nitrogens with zero attached hydrogens (tertiary/aromatic N) is 5. The Morgan fingerprint density at radius 1 is 1.15 bits per heavy atom. The molecule has 1 aliphatic rings. The number of nitrogens with two attached hydrogens (primary N) is 1. The monoisotopic (exact) mass is 465 g/mol. The Hall–Kier alpha value is -3.43. The summed E-state index contributed by atoms with van der Waals surface area (Å²) >= 11 is 0. The van der Waals surface area contributed by atoms with Gasteiger partial charge < -0.3 is 10.2 Å². The molecule has 3 N–H and O–H groups in total. The van der Waals surface area contributed by atoms with Crippen molar-refractivity contribution in [1.82, 2.24) is 20.2 Å². The van der Waals surface area contributed by atoms with E-state index in [0.717, 1.165) is 42.6 Å². The number of amides is 3. The van der Waals surface area contributed by atoms with Crippen molar-refractivity contribution >= 4 is 23.4 Å². The zero-order valence-electron chi connectivity index (χ0n) is 20.2. The highest BCUT2D eigenvalue weighted by molar-refractivity contribution is 5.93. The van der Waals surface area contributed by atoms with Crippen molar-refractivity contribution in [3.63, 3.8) is 0 Å². The summed E-state index contributed by atoms with van der Waals surface area (Å²) in [6, 6.07) is 12.8. The van der Waals surface area contributed by atoms with Crippen LogP contribution in [0.1, 0.15) is 32.4 Å². The van der Waals surface area contributed by atoms with Crippen LogP contribution in [0.4, 0.5) is 16.3 Å². The summed E-state index contributed by atoms with van der Waals surface area (Å²) in [5.74, 6) is 6.72. The Balaban J connectivity index is 1.68. The highest BCUT2D eigenvalue weighted by Gasteiger charge is 2.30. The van der Waals surface area contributed by atoms with Crippen LogP contribution in [0.15, 0.2) is 61.4 Å². The number of urea groups is 1. The van der Waals surface area contributed by atoms with Gasteiger partial charge in [0.2, 0.25) is 5.91 Å². The van der Waals surface area contributed by atoms with Crippen molar-refractivity contribution in [1.29, 1.82) is 0 Å². The third kappa shape index (κ3) is 5.73. The molecular formula is C25H35N7O2. The fraction of sp³-hybridized carbons (Fsp3) is 0.400. The molecule has 1 aromatic carbocycles. The Labute approximate surface area is 201 Å². The highest BCUT2D eigenvalue weighted by atomic mass is 16.2. The molecule has 1 fully saturated rings. The van der Waals surface area contributed by atoms with Gasteiger partial charge in [-0.1, -0.05) is 36.9 Å². The van der Waals surface area contributed by atoms with E-state index in [1.807, 2.05) is 63.2 Å². The summed E-state index contributed by atoms with van der Waals surface area (Å²) in [6.07, 6.45) is 3.09. The first-order valence-corrected chi connectivity index (χ1v) is 11.6. The van der Waals surface area contributed by atoms with Gasteiger partial charge in [-0.2, -0.15) is 0 Å². The van der Waals surface area contributed by atoms with Crippen molar-refractivity contribution in [2.24, 2.45) is 5.84 Å². The first-order valence-electron chi connectivity index (χ1n) is 11.6. The smallest absolute Gasteiger partial charge is 0.343 e. The summed E-state index contributed by atoms with van der Waals surface area (Å²) in [5.41, 5.74) is 1.59. The van der Waals surface area contributed by atoms with Gasteiger partial charge in [-0.25, -0.2) is 15.6 Å². The van der Waals surface area contributed by atoms with Gasteiger partial charge in [0, 0.05) is 45.0 Å². The van der Waals surface area contributed by atoms with E-state index in [1.54, 1.807) is 6.20 Å². The standard InChI is InChI=1S/C25H35N7O2/c1-5-27-24(33)23(20-10-8-7-9-11-20)30-16-14-29(15-17-30)22-13-12-21(18-28-22)31(6-2)25(34)32(26)19(3)4/h6-13,18-19,23H,2,5,14-17,26H2,1,3-4H3,(H,27,33). The molecule has 1 aliphatic heterocycles. The Bertz CT molecular complexity index is 957. The molecule has 3 amide bonds. The Morgan fingerprint density at radius 2 is 1.82 bits per heavy atom. The van der Waals surface area contributed by atoms with Crippen LogP contribution in [-0.2, 0) is 4.79 Å². The molecule has 2 heterocycles. The fourth-order valence-electron chi connectivity index (χ4n) is 3.99. The molecule has 1 aromatic heterocycles. The minimum absolute atomic E-state index is 0.0224. The quantitative estimate of drug-likeness (QED) is 0.353. The van der Waals surface area contributed by atoms with Crippen molar-refractivity contribution in [2.45, 2.75) is 32.9 Å². The molecule has 1 unspecified atom stereocenters. The number of piperazine rings is 1. The molecule has 1 saturated heterocycles. The summed E-state index contributed by atoms with van der Waals surface area (Å²) in [6.45, 7) is 12.9. The molecular weight excluding hydrogens is 430 g/mol. The van der Waals surface area contributed by atoms with Crippen LogP contribution in [0.2, 0.25) is 0 Å². The molecule has 9 nitrogen and oxygen atoms in total. The van der Waals surface area contributed by atoms with Gasteiger partial charge in [0.1, 0.15) is 11.9 Å². The van der Waals surface area contributed by atoms with E-state index in [4.69, 9.17) is 5.84 Å². The second kappa shape index (κ2) is 11.6. The molecule has 1 atom stereocenters. The lowest BCUT2D eigenvalue weighted by atomic mass is 10.0. The topological polar surface area (TPSA) is 98.0 Å². The van der Waals surface area contributed by atoms with Crippen LogP contribution in [-0.4, -0.2) is 65.6 Å². The van der Waals surface area contributed by atoms with E-state index < -0.39 is 0 Å². The van der Waals surface area contributed by atoms with Gasteiger partial charge in [0.25, 0.3) is 0 Å². The minimum Gasteiger partial charge on any atom is -0.355 e. The number of benzene rings is 1. The summed E-state index contributed by atoms with van der Waals surface area (Å²) < 4.78 is 0. The SMILES string of the molecule is C=CN(C(=O)N(N)C(C)C)c1ccc(N2CCN(C(C(=O)NCC)c3ccccc3)CC2)nc1. The van der Waals surface area contributed by atoms with Crippen LogP contribution in [0, 0.1) is 0 Å². The molecule has 182 valence electrons. The predicted octanol–water partition coefficient (Wildman–Crippen LogP) is 2.74. The first kappa shape index (κ1) is 25.2. The van der Waals surface area contributed by atoms with E-state index in [9.17, 15) is 9.59 Å². The molecule has 9 heteroatoms. The number of carbonyl (C=O) groups is 2. The number of likely N-dealkylation sites (N-methyl/N-ethyl adjacent to an activating group) is 1. The number of nitrogens with one attached hydrogen (secondary N) is 1. The van der Waals surface area contributed by atoms with E-state index in [2.05, 4.69) is 26.7 Å². The highest BCUT2D eigenvalue weighted by Crippen LogP contribution is 2.25. The minimum atomic E-state index is -0.370. The maximum absolute atomic E-state index is 12.8. The number of pyridine rings is 1. The zero-order valence-corrected chi connectivity index (χ0v) is 20.2. The van der Waals surface area contributed by atoms with Crippen molar-refractivity contribution in [2.75, 3.05) is 42.5 Å². The van der Waals surface area contributed by atoms with Crippen molar-refractivity contribution in [3.05, 3.63) is 67.0 Å². The molecule has 3 rings (SSSR count). The van der Waals surface area contributed by atoms with E-state index in [0.29, 0.717) is 12.2 Å². The summed E-state index contributed by atoms with van der Waals surface area (Å²) in [5, 5.41) is 4.13. The molecule has 0 spiro atoms. The third-order valence-corrected chi connectivity index (χ3v) is 5.89. The zero-order chi connectivity index (χ0) is 24.7. The molecule has 0 bridgehead atoms. The molecule has 0 saturated carbocycles. The molecule has 2 aromatic rings. The number of hydrogen-bond acceptors (Lipinski definition) is 6. The van der Waals surface area contributed by atoms with Gasteiger partial charge in [-0.3, -0.25) is 19.6 Å². The average Bonchev–Trinajstić information content (AvgIpc) is 2.86. The van der Waals surface area contributed by atoms with Gasteiger partial charge in [0.15, 0.2) is 0 Å². The first-order chi connectivity index (χ1) is 16.4. The van der Waals surface area contributed by atoms with Gasteiger partial charge in [0.05, 0.1) is 11.9 Å². The lowest BCUT2D eigenvalue weighted by Crippen LogP contribution is -2.51. The van der Waals surface area contributed by atoms with E-state index >= 15 is 0 Å². The fourth-order valence-corrected chi connectivity index (χ4v) is 3.99. The number of aromatic nitrogens is 1. The lowest BCUT2D eigenvalue weighted by molar-refractivity contribution is -0.126. The second-order valence-corrected chi connectivity index (χ2v) is 8.44. The molecule has 0 aliphatic carbocycles. The van der Waals surface area contributed by atoms with Crippen LogP contribution < -0.4 is 21.0 Å². The van der Waals surface area contributed by atoms with Crippen LogP contribution in [0.25, 0.3) is 0 Å². The number of anilines is 2. The maximum atomic E-state index is 12.8. The molecule has 0 radical (unpaired) electrons. The van der Waals surface area contributed by atoms with Crippen LogP contribution >= 0.6 is 0 Å². The Kier molecular flexibility index (Phi) is 8.61. The lowest BCUT2D eigenvalue weighted by Gasteiger charge is -2.39. The van der Waals surface area contributed by atoms with E-state index in [-0.39, 0.29) is 24.0 Å². The number of carbonyl (C=O) groups excluding carboxylic acids is 2. The predicted molar refractivity (Wildman–Crippen MR) is 135 cm³/mol. The molecule has 34 heavy (non-hydrogen) atoms. The maximum Gasteiger partial charge on any atom is 0.343 e. The van der Waals surface area contributed by atoms with Gasteiger partial charge >= 0.3 is 6.03 Å². The third-order valence-electron chi connectivity index (χ3n) is 5.89. The van der Waals surface area contributed by atoms with E-state index in [1.165, 1.54) is 11.1 Å². The summed E-state index contributed by atoms with van der Waals surface area (Å²) in [4.78, 5) is 35.8. The van der Waals surface area contributed by atoms with Crippen LogP contribution in [0.5, 0.6) is 0 Å².